The zero-order valence-electron chi connectivity index (χ0n) is 5.61. The zero-order chi connectivity index (χ0) is 6.69. The molecule has 1 amide bonds. The van der Waals surface area contributed by atoms with E-state index in [1.54, 1.807) is 0 Å². The minimum absolute atomic E-state index is 0.122. The Kier molecular flexibility index (Phi) is 1.88. The Hall–Kier alpha value is -0.790. The molecule has 0 atom stereocenters. The van der Waals surface area contributed by atoms with Crippen LogP contribution in [0.4, 0.5) is 0 Å². The molecule has 0 bridgehead atoms. The number of hydrogen-bond donors (Lipinski definition) is 1. The molecule has 0 aromatic rings. The Morgan fingerprint density at radius 1 is 1.78 bits per heavy atom. The van der Waals surface area contributed by atoms with Crippen LogP contribution < -0.4 is 5.32 Å². The van der Waals surface area contributed by atoms with Crippen LogP contribution in [-0.2, 0) is 4.79 Å². The topological polar surface area (TPSA) is 29.1 Å². The summed E-state index contributed by atoms with van der Waals surface area (Å²) in [6.45, 7) is 2.81. The third-order valence-electron chi connectivity index (χ3n) is 1.42. The van der Waals surface area contributed by atoms with Gasteiger partial charge in [0.25, 0.3) is 0 Å². The van der Waals surface area contributed by atoms with Crippen molar-refractivity contribution in [2.24, 2.45) is 0 Å². The van der Waals surface area contributed by atoms with E-state index in [4.69, 9.17) is 0 Å². The summed E-state index contributed by atoms with van der Waals surface area (Å²) in [5, 5.41) is 2.72. The van der Waals surface area contributed by atoms with Crippen LogP contribution in [0.5, 0.6) is 0 Å². The molecule has 0 fully saturated rings. The predicted molar refractivity (Wildman–Crippen MR) is 36.0 cm³/mol. The van der Waals surface area contributed by atoms with Crippen LogP contribution in [-0.4, -0.2) is 12.5 Å². The van der Waals surface area contributed by atoms with E-state index in [0.29, 0.717) is 0 Å². The van der Waals surface area contributed by atoms with Gasteiger partial charge in [-0.25, -0.2) is 0 Å². The number of rotatable bonds is 2. The van der Waals surface area contributed by atoms with E-state index in [1.165, 1.54) is 0 Å². The van der Waals surface area contributed by atoms with Gasteiger partial charge < -0.3 is 5.32 Å². The molecule has 1 aliphatic heterocycles. The van der Waals surface area contributed by atoms with E-state index in [-0.39, 0.29) is 5.91 Å². The van der Waals surface area contributed by atoms with Crippen molar-refractivity contribution < 1.29 is 4.79 Å². The number of hydrogen-bond acceptors (Lipinski definition) is 1. The first-order valence-electron chi connectivity index (χ1n) is 3.32. The standard InChI is InChI=1S/C7H11NO/c1-2-3-6-4-5-8-7(6)9/h4H,2-3,5H2,1H3,(H,8,9). The maximum Gasteiger partial charge on any atom is 0.247 e. The summed E-state index contributed by atoms with van der Waals surface area (Å²) >= 11 is 0. The van der Waals surface area contributed by atoms with Crippen LogP contribution in [0.25, 0.3) is 0 Å². The lowest BCUT2D eigenvalue weighted by molar-refractivity contribution is -0.116. The van der Waals surface area contributed by atoms with Gasteiger partial charge in [0.1, 0.15) is 0 Å². The van der Waals surface area contributed by atoms with Crippen LogP contribution in [0.1, 0.15) is 19.8 Å². The van der Waals surface area contributed by atoms with E-state index in [9.17, 15) is 4.79 Å². The van der Waals surface area contributed by atoms with Crippen molar-refractivity contribution in [3.63, 3.8) is 0 Å². The Labute approximate surface area is 54.9 Å². The maximum absolute atomic E-state index is 10.8. The van der Waals surface area contributed by atoms with Gasteiger partial charge in [-0.05, 0) is 6.42 Å². The molecule has 0 aromatic heterocycles. The minimum Gasteiger partial charge on any atom is -0.349 e. The highest BCUT2D eigenvalue weighted by atomic mass is 16.1. The monoisotopic (exact) mass is 125 g/mol. The van der Waals surface area contributed by atoms with E-state index >= 15 is 0 Å². The van der Waals surface area contributed by atoms with Gasteiger partial charge in [0.15, 0.2) is 0 Å². The molecule has 0 saturated carbocycles. The van der Waals surface area contributed by atoms with E-state index < -0.39 is 0 Å². The summed E-state index contributed by atoms with van der Waals surface area (Å²) in [7, 11) is 0. The van der Waals surface area contributed by atoms with Crippen molar-refractivity contribution >= 4 is 5.91 Å². The molecule has 0 aliphatic carbocycles. The fourth-order valence-corrected chi connectivity index (χ4v) is 0.958. The molecule has 1 heterocycles. The number of nitrogens with one attached hydrogen (secondary N) is 1. The van der Waals surface area contributed by atoms with E-state index in [1.807, 2.05) is 6.08 Å². The lowest BCUT2D eigenvalue weighted by Crippen LogP contribution is -2.17. The van der Waals surface area contributed by atoms with Crippen molar-refractivity contribution in [2.45, 2.75) is 19.8 Å². The third kappa shape index (κ3) is 1.31. The van der Waals surface area contributed by atoms with Gasteiger partial charge in [0.05, 0.1) is 0 Å². The molecule has 2 nitrogen and oxygen atoms in total. The average Bonchev–Trinajstić information content (AvgIpc) is 2.18. The molecule has 0 radical (unpaired) electrons. The number of carbonyl (C=O) groups excluding carboxylic acids is 1. The smallest absolute Gasteiger partial charge is 0.247 e. The van der Waals surface area contributed by atoms with Crippen LogP contribution in [0, 0.1) is 0 Å². The van der Waals surface area contributed by atoms with Gasteiger partial charge in [0, 0.05) is 12.1 Å². The van der Waals surface area contributed by atoms with Crippen molar-refractivity contribution in [1.82, 2.24) is 5.32 Å². The third-order valence-corrected chi connectivity index (χ3v) is 1.42. The molecule has 50 valence electrons. The Bertz CT molecular complexity index is 149. The second-order valence-electron chi connectivity index (χ2n) is 2.19. The number of amides is 1. The van der Waals surface area contributed by atoms with Crippen molar-refractivity contribution in [2.75, 3.05) is 6.54 Å². The highest BCUT2D eigenvalue weighted by molar-refractivity contribution is 5.95. The summed E-state index contributed by atoms with van der Waals surface area (Å²) in [5.74, 6) is 0.122. The fraction of sp³-hybridized carbons (Fsp3) is 0.571. The van der Waals surface area contributed by atoms with Crippen molar-refractivity contribution in [3.05, 3.63) is 11.6 Å². The first kappa shape index (κ1) is 6.33. The Morgan fingerprint density at radius 2 is 2.56 bits per heavy atom. The predicted octanol–water partition coefficient (Wildman–Crippen LogP) is 0.843. The lowest BCUT2D eigenvalue weighted by Gasteiger charge is -1.93. The van der Waals surface area contributed by atoms with Gasteiger partial charge >= 0.3 is 0 Å². The molecular formula is C7H11NO. The molecule has 0 saturated heterocycles. The van der Waals surface area contributed by atoms with Gasteiger partial charge in [-0.3, -0.25) is 4.79 Å². The average molecular weight is 125 g/mol. The first-order chi connectivity index (χ1) is 4.34. The Balaban J connectivity index is 2.47. The molecular weight excluding hydrogens is 114 g/mol. The molecule has 1 rings (SSSR count). The second kappa shape index (κ2) is 2.67. The molecule has 1 N–H and O–H groups in total. The molecule has 0 spiro atoms. The summed E-state index contributed by atoms with van der Waals surface area (Å²) < 4.78 is 0. The van der Waals surface area contributed by atoms with Gasteiger partial charge in [-0.1, -0.05) is 19.4 Å². The number of carbonyl (C=O) groups is 1. The molecule has 0 aromatic carbocycles. The maximum atomic E-state index is 10.8. The summed E-state index contributed by atoms with van der Waals surface area (Å²) in [5.41, 5.74) is 0.956. The highest BCUT2D eigenvalue weighted by Gasteiger charge is 2.11. The summed E-state index contributed by atoms with van der Waals surface area (Å²) in [6.07, 6.45) is 3.94. The van der Waals surface area contributed by atoms with Gasteiger partial charge in [-0.15, -0.1) is 0 Å². The SMILES string of the molecule is CCCC1=CCNC1=O. The quantitative estimate of drug-likeness (QED) is 0.582. The highest BCUT2D eigenvalue weighted by Crippen LogP contribution is 2.07. The fourth-order valence-electron chi connectivity index (χ4n) is 0.958. The lowest BCUT2D eigenvalue weighted by atomic mass is 10.1. The second-order valence-corrected chi connectivity index (χ2v) is 2.19. The van der Waals surface area contributed by atoms with Crippen molar-refractivity contribution in [3.8, 4) is 0 Å². The molecule has 9 heavy (non-hydrogen) atoms. The molecule has 2 heteroatoms. The molecule has 1 aliphatic rings. The summed E-state index contributed by atoms with van der Waals surface area (Å²) in [4.78, 5) is 10.8. The Morgan fingerprint density at radius 3 is 3.00 bits per heavy atom. The van der Waals surface area contributed by atoms with Crippen LogP contribution in [0.2, 0.25) is 0 Å². The van der Waals surface area contributed by atoms with Crippen molar-refractivity contribution in [1.29, 1.82) is 0 Å². The van der Waals surface area contributed by atoms with Crippen LogP contribution in [0.3, 0.4) is 0 Å². The molecule has 0 unspecified atom stereocenters. The summed E-state index contributed by atoms with van der Waals surface area (Å²) in [6, 6.07) is 0. The van der Waals surface area contributed by atoms with Gasteiger partial charge in [-0.2, -0.15) is 0 Å². The first-order valence-corrected chi connectivity index (χ1v) is 3.32. The van der Waals surface area contributed by atoms with Crippen LogP contribution >= 0.6 is 0 Å². The van der Waals surface area contributed by atoms with Crippen LogP contribution in [0.15, 0.2) is 11.6 Å². The normalized spacial score (nSPS) is 17.4. The van der Waals surface area contributed by atoms with Gasteiger partial charge in [0.2, 0.25) is 5.91 Å². The largest absolute Gasteiger partial charge is 0.349 e. The zero-order valence-corrected chi connectivity index (χ0v) is 5.61. The minimum atomic E-state index is 0.122. The van der Waals surface area contributed by atoms with E-state index in [2.05, 4.69) is 12.2 Å². The van der Waals surface area contributed by atoms with E-state index in [0.717, 1.165) is 25.0 Å².